The Bertz CT molecular complexity index is 1380. The Balaban J connectivity index is 0.00000287. The van der Waals surface area contributed by atoms with E-state index in [1.165, 1.54) is 57.5 Å². The molecule has 1 unspecified atom stereocenters. The molecule has 0 fully saturated rings. The number of nitrogens with one attached hydrogen (secondary N) is 1. The van der Waals surface area contributed by atoms with Crippen molar-refractivity contribution in [1.29, 1.82) is 0 Å². The number of alkyl halides is 3. The first-order valence-electron chi connectivity index (χ1n) is 12.3. The van der Waals surface area contributed by atoms with Gasteiger partial charge in [0, 0.05) is 11.1 Å². The Morgan fingerprint density at radius 3 is 2.17 bits per heavy atom. The van der Waals surface area contributed by atoms with Crippen molar-refractivity contribution in [2.75, 3.05) is 27.4 Å². The van der Waals surface area contributed by atoms with Gasteiger partial charge in [-0.2, -0.15) is 13.2 Å². The monoisotopic (exact) mass is 581 g/mol. The van der Waals surface area contributed by atoms with Crippen molar-refractivity contribution in [2.45, 2.75) is 32.5 Å². The molecule has 222 valence electrons. The van der Waals surface area contributed by atoms with Crippen LogP contribution in [-0.4, -0.2) is 55.5 Å². The number of aryl methyl sites for hydroxylation is 1. The van der Waals surface area contributed by atoms with E-state index in [1.807, 2.05) is 13.8 Å². The van der Waals surface area contributed by atoms with Crippen molar-refractivity contribution in [1.82, 2.24) is 10.3 Å². The summed E-state index contributed by atoms with van der Waals surface area (Å²) in [5.41, 5.74) is 0.906. The van der Waals surface area contributed by atoms with Crippen LogP contribution in [0.2, 0.25) is 0 Å². The molecule has 13 heteroatoms. The predicted molar refractivity (Wildman–Crippen MR) is 142 cm³/mol. The number of benzene rings is 2. The molecule has 3 aromatic rings. The van der Waals surface area contributed by atoms with Gasteiger partial charge in [-0.15, -0.1) is 0 Å². The number of primary amides is 1. The largest absolute Gasteiger partial charge is 0.494 e. The van der Waals surface area contributed by atoms with E-state index in [9.17, 15) is 32.3 Å². The Morgan fingerprint density at radius 1 is 0.976 bits per heavy atom. The summed E-state index contributed by atoms with van der Waals surface area (Å²) in [5.74, 6) is -2.07. The highest BCUT2D eigenvalue weighted by atomic mass is 19.4. The minimum atomic E-state index is -5.26. The number of pyridine rings is 1. The summed E-state index contributed by atoms with van der Waals surface area (Å²) in [5, 5.41) is 12.9. The van der Waals surface area contributed by atoms with Crippen molar-refractivity contribution < 1.29 is 46.5 Å². The highest BCUT2D eigenvalue weighted by Gasteiger charge is 2.56. The maximum absolute atomic E-state index is 14.2. The summed E-state index contributed by atoms with van der Waals surface area (Å²) in [6, 6.07) is 9.61. The first-order valence-corrected chi connectivity index (χ1v) is 12.3. The third-order valence-corrected chi connectivity index (χ3v) is 5.70. The third kappa shape index (κ3) is 7.63. The molecule has 0 bridgehead atoms. The molecule has 0 saturated carbocycles. The van der Waals surface area contributed by atoms with E-state index in [1.54, 1.807) is 0 Å². The summed E-state index contributed by atoms with van der Waals surface area (Å²) < 4.78 is 71.8. The van der Waals surface area contributed by atoms with Gasteiger partial charge >= 0.3 is 6.18 Å². The Labute approximate surface area is 234 Å². The fourth-order valence-electron chi connectivity index (χ4n) is 3.56. The maximum atomic E-state index is 14.2. The van der Waals surface area contributed by atoms with Gasteiger partial charge in [0.2, 0.25) is 5.60 Å². The topological polar surface area (TPSA) is 133 Å². The van der Waals surface area contributed by atoms with Gasteiger partial charge in [-0.1, -0.05) is 13.8 Å². The molecule has 0 spiro atoms. The van der Waals surface area contributed by atoms with Gasteiger partial charge in [0.25, 0.3) is 11.8 Å². The Morgan fingerprint density at radius 2 is 1.61 bits per heavy atom. The molecular formula is C28H31F4N3O6. The first-order chi connectivity index (χ1) is 19.3. The van der Waals surface area contributed by atoms with E-state index in [4.69, 9.17) is 19.9 Å². The average molecular weight is 582 g/mol. The second-order valence-corrected chi connectivity index (χ2v) is 8.37. The van der Waals surface area contributed by atoms with Crippen molar-refractivity contribution in [3.05, 3.63) is 71.2 Å². The number of ether oxygens (including phenoxy) is 3. The SMILES string of the molecule is CC.COc1cc(C(=O)NCC(O)(c2ccc(OC)c(-c3ccc(F)c(C)c3)n2)C(F)(F)F)ccc1OCC(N)=O. The molecule has 0 aliphatic heterocycles. The van der Waals surface area contributed by atoms with Crippen LogP contribution in [0.5, 0.6) is 17.2 Å². The fraction of sp³-hybridized carbons (Fsp3) is 0.321. The van der Waals surface area contributed by atoms with E-state index in [0.717, 1.165) is 12.1 Å². The van der Waals surface area contributed by atoms with Crippen LogP contribution in [0.1, 0.15) is 35.5 Å². The number of nitrogens with zero attached hydrogens (tertiary/aromatic N) is 1. The number of carbonyl (C=O) groups is 2. The van der Waals surface area contributed by atoms with Gasteiger partial charge in [-0.05, 0) is 61.0 Å². The third-order valence-electron chi connectivity index (χ3n) is 5.70. The molecule has 0 aliphatic rings. The number of amides is 2. The molecule has 4 N–H and O–H groups in total. The first kappa shape index (κ1) is 32.8. The molecule has 41 heavy (non-hydrogen) atoms. The number of hydrogen-bond donors (Lipinski definition) is 3. The lowest BCUT2D eigenvalue weighted by molar-refractivity contribution is -0.265. The van der Waals surface area contributed by atoms with Crippen molar-refractivity contribution in [3.8, 4) is 28.5 Å². The fourth-order valence-corrected chi connectivity index (χ4v) is 3.56. The second-order valence-electron chi connectivity index (χ2n) is 8.37. The number of aromatic nitrogens is 1. The molecule has 1 heterocycles. The highest BCUT2D eigenvalue weighted by Crippen LogP contribution is 2.40. The molecule has 0 saturated heterocycles. The van der Waals surface area contributed by atoms with Crippen LogP contribution < -0.4 is 25.3 Å². The van der Waals surface area contributed by atoms with Crippen LogP contribution in [0.3, 0.4) is 0 Å². The van der Waals surface area contributed by atoms with Crippen molar-refractivity contribution >= 4 is 11.8 Å². The van der Waals surface area contributed by atoms with Crippen molar-refractivity contribution in [3.63, 3.8) is 0 Å². The number of aliphatic hydroxyl groups is 1. The molecule has 2 amide bonds. The number of hydrogen-bond acceptors (Lipinski definition) is 7. The van der Waals surface area contributed by atoms with Crippen LogP contribution >= 0.6 is 0 Å². The number of methoxy groups -OCH3 is 2. The van der Waals surface area contributed by atoms with Gasteiger partial charge in [-0.25, -0.2) is 9.37 Å². The number of halogens is 4. The van der Waals surface area contributed by atoms with E-state index >= 15 is 0 Å². The summed E-state index contributed by atoms with van der Waals surface area (Å²) in [6.45, 7) is 3.72. The zero-order valence-electron chi connectivity index (χ0n) is 23.1. The van der Waals surface area contributed by atoms with Gasteiger partial charge in [0.05, 0.1) is 26.5 Å². The Kier molecular flexibility index (Phi) is 11.0. The van der Waals surface area contributed by atoms with Crippen LogP contribution in [-0.2, 0) is 10.4 Å². The highest BCUT2D eigenvalue weighted by molar-refractivity contribution is 5.95. The number of carbonyl (C=O) groups excluding carboxylic acids is 2. The normalized spacial score (nSPS) is 12.3. The second kappa shape index (κ2) is 13.8. The number of rotatable bonds is 10. The van der Waals surface area contributed by atoms with Crippen LogP contribution in [0, 0.1) is 12.7 Å². The smallest absolute Gasteiger partial charge is 0.424 e. The van der Waals surface area contributed by atoms with Gasteiger partial charge in [0.1, 0.15) is 17.3 Å². The number of nitrogens with two attached hydrogens (primary N) is 1. The summed E-state index contributed by atoms with van der Waals surface area (Å²) in [4.78, 5) is 27.7. The molecule has 2 aromatic carbocycles. The molecule has 1 aromatic heterocycles. The lowest BCUT2D eigenvalue weighted by atomic mass is 9.96. The minimum absolute atomic E-state index is 0.0195. The summed E-state index contributed by atoms with van der Waals surface area (Å²) >= 11 is 0. The predicted octanol–water partition coefficient (Wildman–Crippen LogP) is 4.28. The molecular weight excluding hydrogens is 550 g/mol. The van der Waals surface area contributed by atoms with E-state index in [-0.39, 0.29) is 39.6 Å². The lowest BCUT2D eigenvalue weighted by Crippen LogP contribution is -2.51. The maximum Gasteiger partial charge on any atom is 0.424 e. The summed E-state index contributed by atoms with van der Waals surface area (Å²) in [6.07, 6.45) is -5.26. The van der Waals surface area contributed by atoms with E-state index in [0.29, 0.717) is 0 Å². The molecule has 0 aliphatic carbocycles. The minimum Gasteiger partial charge on any atom is -0.494 e. The van der Waals surface area contributed by atoms with Gasteiger partial charge in [-0.3, -0.25) is 9.59 Å². The molecule has 3 rings (SSSR count). The summed E-state index contributed by atoms with van der Waals surface area (Å²) in [7, 11) is 2.54. The standard InChI is InChI=1S/C26H25F4N3O6.C2H6/c1-14-10-15(4-6-17(14)27)23-19(37-2)8-9-21(33-23)25(36,26(28,29)30)13-32-24(35)16-5-7-18(20(11-16)38-3)39-12-22(31)34;1-2/h4-11,36H,12-13H2,1-3H3,(H2,31,34)(H,32,35);1-2H3. The van der Waals surface area contributed by atoms with Crippen LogP contribution in [0.15, 0.2) is 48.5 Å². The molecule has 9 nitrogen and oxygen atoms in total. The average Bonchev–Trinajstić information content (AvgIpc) is 2.95. The van der Waals surface area contributed by atoms with Crippen LogP contribution in [0.25, 0.3) is 11.3 Å². The zero-order chi connectivity index (χ0) is 31.0. The quantitative estimate of drug-likeness (QED) is 0.305. The zero-order valence-corrected chi connectivity index (χ0v) is 23.1. The molecule has 0 radical (unpaired) electrons. The van der Waals surface area contributed by atoms with E-state index in [2.05, 4.69) is 10.3 Å². The van der Waals surface area contributed by atoms with Crippen LogP contribution in [0.4, 0.5) is 17.6 Å². The lowest BCUT2D eigenvalue weighted by Gasteiger charge is -2.30. The van der Waals surface area contributed by atoms with Gasteiger partial charge < -0.3 is 30.4 Å². The Hall–Kier alpha value is -4.39. The van der Waals surface area contributed by atoms with Crippen molar-refractivity contribution in [2.24, 2.45) is 5.73 Å². The van der Waals surface area contributed by atoms with E-state index < -0.39 is 48.3 Å². The van der Waals surface area contributed by atoms with Gasteiger partial charge in [0.15, 0.2) is 18.1 Å². The molecule has 1 atom stereocenters.